The zero-order valence-electron chi connectivity index (χ0n) is 10.5. The molecule has 2 heterocycles. The molecule has 0 aliphatic heterocycles. The third kappa shape index (κ3) is 3.54. The van der Waals surface area contributed by atoms with E-state index < -0.39 is 0 Å². The maximum atomic E-state index is 4.39. The highest BCUT2D eigenvalue weighted by Gasteiger charge is 2.05. The van der Waals surface area contributed by atoms with Gasteiger partial charge in [-0.15, -0.1) is 11.3 Å². The molecule has 5 heteroatoms. The van der Waals surface area contributed by atoms with Crippen molar-refractivity contribution >= 4 is 33.1 Å². The Morgan fingerprint density at radius 2 is 2.11 bits per heavy atom. The Bertz CT molecular complexity index is 510. The number of hydrogen-bond acceptors (Lipinski definition) is 4. The van der Waals surface area contributed by atoms with Gasteiger partial charge in [0.05, 0.1) is 3.79 Å². The molecule has 0 radical (unpaired) electrons. The van der Waals surface area contributed by atoms with Gasteiger partial charge in [-0.3, -0.25) is 0 Å². The summed E-state index contributed by atoms with van der Waals surface area (Å²) < 4.78 is 1.18. The quantitative estimate of drug-likeness (QED) is 0.914. The van der Waals surface area contributed by atoms with E-state index in [2.05, 4.69) is 44.4 Å². The van der Waals surface area contributed by atoms with Crippen LogP contribution >= 0.6 is 27.3 Å². The molecule has 0 fully saturated rings. The number of pyridine rings is 1. The van der Waals surface area contributed by atoms with Crippen LogP contribution in [-0.2, 0) is 13.1 Å². The normalized spacial score (nSPS) is 10.6. The second kappa shape index (κ2) is 6.31. The monoisotopic (exact) mass is 325 g/mol. The van der Waals surface area contributed by atoms with Gasteiger partial charge in [0.15, 0.2) is 0 Å². The van der Waals surface area contributed by atoms with E-state index in [0.29, 0.717) is 0 Å². The van der Waals surface area contributed by atoms with Crippen molar-refractivity contribution in [3.63, 3.8) is 0 Å². The first-order chi connectivity index (χ1) is 8.66. The van der Waals surface area contributed by atoms with Gasteiger partial charge in [0, 0.05) is 43.8 Å². The molecule has 18 heavy (non-hydrogen) atoms. The number of halogens is 1. The van der Waals surface area contributed by atoms with Crippen molar-refractivity contribution < 1.29 is 0 Å². The molecular weight excluding hydrogens is 310 g/mol. The summed E-state index contributed by atoms with van der Waals surface area (Å²) in [6.45, 7) is 1.72. The van der Waals surface area contributed by atoms with Gasteiger partial charge in [0.2, 0.25) is 0 Å². The summed E-state index contributed by atoms with van der Waals surface area (Å²) in [5, 5.41) is 3.45. The molecule has 0 unspecified atom stereocenters. The summed E-state index contributed by atoms with van der Waals surface area (Å²) in [4.78, 5) is 7.76. The topological polar surface area (TPSA) is 28.2 Å². The molecule has 0 bridgehead atoms. The van der Waals surface area contributed by atoms with Crippen molar-refractivity contribution in [2.24, 2.45) is 0 Å². The fourth-order valence-electron chi connectivity index (χ4n) is 1.74. The number of nitrogens with one attached hydrogen (secondary N) is 1. The standard InChI is InChI=1S/C13H16BrN3S/c1-17(2)13-10(4-3-7-16-13)8-15-9-11-5-6-12(14)18-11/h3-7,15H,8-9H2,1-2H3. The number of hydrogen-bond donors (Lipinski definition) is 1. The van der Waals surface area contributed by atoms with E-state index in [-0.39, 0.29) is 0 Å². The van der Waals surface area contributed by atoms with Gasteiger partial charge < -0.3 is 10.2 Å². The summed E-state index contributed by atoms with van der Waals surface area (Å²) in [6, 6.07) is 8.31. The Hall–Kier alpha value is -0.910. The molecule has 2 aromatic heterocycles. The van der Waals surface area contributed by atoms with Crippen LogP contribution in [0, 0.1) is 0 Å². The smallest absolute Gasteiger partial charge is 0.132 e. The highest BCUT2D eigenvalue weighted by atomic mass is 79.9. The van der Waals surface area contributed by atoms with Crippen molar-refractivity contribution in [1.29, 1.82) is 0 Å². The first-order valence-electron chi connectivity index (χ1n) is 5.73. The SMILES string of the molecule is CN(C)c1ncccc1CNCc1ccc(Br)s1. The average Bonchev–Trinajstić information content (AvgIpc) is 2.75. The highest BCUT2D eigenvalue weighted by Crippen LogP contribution is 2.22. The lowest BCUT2D eigenvalue weighted by atomic mass is 10.2. The number of nitrogens with zero attached hydrogens (tertiary/aromatic N) is 2. The van der Waals surface area contributed by atoms with Crippen LogP contribution in [0.15, 0.2) is 34.2 Å². The molecule has 0 atom stereocenters. The highest BCUT2D eigenvalue weighted by molar-refractivity contribution is 9.11. The molecular formula is C13H16BrN3S. The van der Waals surface area contributed by atoms with E-state index in [1.165, 1.54) is 14.2 Å². The fourth-order valence-corrected chi connectivity index (χ4v) is 3.19. The van der Waals surface area contributed by atoms with Gasteiger partial charge in [-0.2, -0.15) is 0 Å². The molecule has 3 nitrogen and oxygen atoms in total. The van der Waals surface area contributed by atoms with Gasteiger partial charge in [-0.25, -0.2) is 4.98 Å². The van der Waals surface area contributed by atoms with Crippen LogP contribution in [0.1, 0.15) is 10.4 Å². The summed E-state index contributed by atoms with van der Waals surface area (Å²) in [6.07, 6.45) is 1.83. The maximum absolute atomic E-state index is 4.39. The average molecular weight is 326 g/mol. The Labute approximate surface area is 120 Å². The van der Waals surface area contributed by atoms with E-state index >= 15 is 0 Å². The molecule has 0 aliphatic rings. The minimum absolute atomic E-state index is 0.830. The van der Waals surface area contributed by atoms with Gasteiger partial charge in [-0.1, -0.05) is 6.07 Å². The molecule has 96 valence electrons. The Balaban J connectivity index is 1.94. The summed E-state index contributed by atoms with van der Waals surface area (Å²) >= 11 is 5.24. The third-order valence-corrected chi connectivity index (χ3v) is 4.16. The van der Waals surface area contributed by atoms with Crippen LogP contribution in [0.5, 0.6) is 0 Å². The molecule has 1 N–H and O–H groups in total. The van der Waals surface area contributed by atoms with Gasteiger partial charge in [-0.05, 0) is 34.1 Å². The lowest BCUT2D eigenvalue weighted by Gasteiger charge is -2.15. The van der Waals surface area contributed by atoms with E-state index in [9.17, 15) is 0 Å². The van der Waals surface area contributed by atoms with Crippen LogP contribution < -0.4 is 10.2 Å². The number of rotatable bonds is 5. The minimum Gasteiger partial charge on any atom is -0.362 e. The molecule has 0 saturated heterocycles. The van der Waals surface area contributed by atoms with Crippen LogP contribution in [-0.4, -0.2) is 19.1 Å². The molecule has 2 aromatic rings. The van der Waals surface area contributed by atoms with E-state index in [0.717, 1.165) is 18.9 Å². The summed E-state index contributed by atoms with van der Waals surface area (Å²) in [5.74, 6) is 1.03. The molecule has 0 saturated carbocycles. The predicted molar refractivity (Wildman–Crippen MR) is 81.1 cm³/mol. The lowest BCUT2D eigenvalue weighted by molar-refractivity contribution is 0.697. The van der Waals surface area contributed by atoms with E-state index in [4.69, 9.17) is 0 Å². The number of anilines is 1. The van der Waals surface area contributed by atoms with Gasteiger partial charge in [0.25, 0.3) is 0 Å². The third-order valence-electron chi connectivity index (χ3n) is 2.53. The maximum Gasteiger partial charge on any atom is 0.132 e. The molecule has 0 amide bonds. The largest absolute Gasteiger partial charge is 0.362 e. The van der Waals surface area contributed by atoms with Crippen molar-refractivity contribution in [2.75, 3.05) is 19.0 Å². The van der Waals surface area contributed by atoms with Crippen LogP contribution in [0.2, 0.25) is 0 Å². The van der Waals surface area contributed by atoms with Crippen molar-refractivity contribution in [1.82, 2.24) is 10.3 Å². The van der Waals surface area contributed by atoms with Crippen molar-refractivity contribution in [2.45, 2.75) is 13.1 Å². The van der Waals surface area contributed by atoms with Crippen molar-refractivity contribution in [3.8, 4) is 0 Å². The molecule has 2 rings (SSSR count). The first-order valence-corrected chi connectivity index (χ1v) is 7.34. The lowest BCUT2D eigenvalue weighted by Crippen LogP contribution is -2.18. The van der Waals surface area contributed by atoms with E-state index in [1.54, 1.807) is 11.3 Å². The van der Waals surface area contributed by atoms with Gasteiger partial charge in [0.1, 0.15) is 5.82 Å². The van der Waals surface area contributed by atoms with Crippen molar-refractivity contribution in [3.05, 3.63) is 44.7 Å². The second-order valence-corrected chi connectivity index (χ2v) is 6.74. The molecule has 0 spiro atoms. The summed E-state index contributed by atoms with van der Waals surface area (Å²) in [5.41, 5.74) is 1.22. The summed E-state index contributed by atoms with van der Waals surface area (Å²) in [7, 11) is 4.03. The first kappa shape index (κ1) is 13.5. The van der Waals surface area contributed by atoms with E-state index in [1.807, 2.05) is 31.3 Å². The van der Waals surface area contributed by atoms with Crippen LogP contribution in [0.3, 0.4) is 0 Å². The Morgan fingerprint density at radius 1 is 1.28 bits per heavy atom. The number of thiophene rings is 1. The van der Waals surface area contributed by atoms with Crippen LogP contribution in [0.4, 0.5) is 5.82 Å². The zero-order valence-corrected chi connectivity index (χ0v) is 12.9. The van der Waals surface area contributed by atoms with Gasteiger partial charge >= 0.3 is 0 Å². The Kier molecular flexibility index (Phi) is 4.74. The number of aromatic nitrogens is 1. The minimum atomic E-state index is 0.830. The Morgan fingerprint density at radius 3 is 2.78 bits per heavy atom. The fraction of sp³-hybridized carbons (Fsp3) is 0.308. The predicted octanol–water partition coefficient (Wildman–Crippen LogP) is 3.26. The zero-order chi connectivity index (χ0) is 13.0. The molecule has 0 aliphatic carbocycles. The van der Waals surface area contributed by atoms with Crippen LogP contribution in [0.25, 0.3) is 0 Å². The second-order valence-electron chi connectivity index (χ2n) is 4.19. The molecule has 0 aromatic carbocycles.